The molecule has 0 spiro atoms. The molecule has 1 aromatic rings. The first-order valence-corrected chi connectivity index (χ1v) is 10.9. The Morgan fingerprint density at radius 3 is 2.47 bits per heavy atom. The highest BCUT2D eigenvalue weighted by molar-refractivity contribution is 5.48. The predicted molar refractivity (Wildman–Crippen MR) is 124 cm³/mol. The average Bonchev–Trinajstić information content (AvgIpc) is 2.74. The molecule has 0 aromatic heterocycles. The van der Waals surface area contributed by atoms with E-state index in [1.165, 1.54) is 48.6 Å². The van der Waals surface area contributed by atoms with Crippen molar-refractivity contribution in [1.29, 1.82) is 0 Å². The largest absolute Gasteiger partial charge is 0.494 e. The van der Waals surface area contributed by atoms with Gasteiger partial charge in [-0.2, -0.15) is 0 Å². The summed E-state index contributed by atoms with van der Waals surface area (Å²) >= 11 is 0. The van der Waals surface area contributed by atoms with E-state index in [2.05, 4.69) is 43.9 Å². The maximum atomic E-state index is 7.07. The van der Waals surface area contributed by atoms with Crippen LogP contribution < -0.4 is 10.5 Å². The second kappa shape index (κ2) is 14.2. The van der Waals surface area contributed by atoms with Gasteiger partial charge in [-0.1, -0.05) is 18.6 Å². The molecule has 3 N–H and O–H groups in total. The molecular weight excluding hydrogens is 378 g/mol. The van der Waals surface area contributed by atoms with Crippen LogP contribution in [0.25, 0.3) is 0 Å². The maximum Gasteiger partial charge on any atom is 0.122 e. The Morgan fingerprint density at radius 2 is 1.87 bits per heavy atom. The summed E-state index contributed by atoms with van der Waals surface area (Å²) in [5.74, 6) is 2.16. The van der Waals surface area contributed by atoms with Crippen LogP contribution in [0.1, 0.15) is 54.9 Å². The van der Waals surface area contributed by atoms with E-state index in [-0.39, 0.29) is 0 Å². The number of aryl methyl sites for hydroxylation is 1. The number of nitrogens with two attached hydrogens (primary N) is 1. The van der Waals surface area contributed by atoms with Crippen molar-refractivity contribution in [1.82, 2.24) is 0 Å². The standard InChI is InChI=1S/C24H37NO2.CH4O2/c1-6-27-24-14-17(2)23(18(3)19(24)4)16-21(10-7-8-13-25)20-11-9-12-22(15-20)26-5;1-3-2/h7-8,10,13-14,20-22H,6,9,11-12,15-16,25H2,1-5H3;2H,1H3/b10-7-,13-8-;. The Morgan fingerprint density at radius 1 is 1.17 bits per heavy atom. The number of rotatable bonds is 8. The average molecular weight is 420 g/mol. The van der Waals surface area contributed by atoms with Gasteiger partial charge < -0.3 is 15.2 Å². The van der Waals surface area contributed by atoms with Gasteiger partial charge in [0.25, 0.3) is 0 Å². The van der Waals surface area contributed by atoms with Crippen LogP contribution in [0.15, 0.2) is 30.5 Å². The molecule has 0 radical (unpaired) electrons. The summed E-state index contributed by atoms with van der Waals surface area (Å²) in [5, 5.41) is 7.07. The van der Waals surface area contributed by atoms with Gasteiger partial charge in [0.2, 0.25) is 0 Å². The van der Waals surface area contributed by atoms with Crippen LogP contribution in [0.4, 0.5) is 0 Å². The first-order valence-electron chi connectivity index (χ1n) is 10.9. The summed E-state index contributed by atoms with van der Waals surface area (Å²) in [6.45, 7) is 9.37. The zero-order valence-corrected chi connectivity index (χ0v) is 19.6. The fourth-order valence-electron chi connectivity index (χ4n) is 4.40. The lowest BCUT2D eigenvalue weighted by Gasteiger charge is -2.33. The summed E-state index contributed by atoms with van der Waals surface area (Å²) in [7, 11) is 3.03. The topological polar surface area (TPSA) is 73.9 Å². The Labute approximate surface area is 182 Å². The van der Waals surface area contributed by atoms with Gasteiger partial charge in [0.15, 0.2) is 0 Å². The molecule has 1 fully saturated rings. The molecule has 2 rings (SSSR count). The third-order valence-electron chi connectivity index (χ3n) is 6.13. The van der Waals surface area contributed by atoms with Crippen LogP contribution in [0.3, 0.4) is 0 Å². The Balaban J connectivity index is 0.00000141. The van der Waals surface area contributed by atoms with Crippen LogP contribution >= 0.6 is 0 Å². The first kappa shape index (κ1) is 26.2. The molecule has 5 heteroatoms. The molecule has 3 atom stereocenters. The number of allylic oxidation sites excluding steroid dienone is 3. The van der Waals surface area contributed by atoms with Crippen molar-refractivity contribution < 1.29 is 19.6 Å². The Hall–Kier alpha value is -1.82. The van der Waals surface area contributed by atoms with E-state index in [1.807, 2.05) is 20.1 Å². The van der Waals surface area contributed by atoms with E-state index in [4.69, 9.17) is 20.5 Å². The minimum absolute atomic E-state index is 0.397. The van der Waals surface area contributed by atoms with Gasteiger partial charge >= 0.3 is 0 Å². The molecule has 3 unspecified atom stereocenters. The minimum atomic E-state index is 0.397. The number of benzene rings is 1. The molecule has 0 amide bonds. The summed E-state index contributed by atoms with van der Waals surface area (Å²) in [5.41, 5.74) is 11.0. The van der Waals surface area contributed by atoms with Gasteiger partial charge in [0, 0.05) is 7.11 Å². The lowest BCUT2D eigenvalue weighted by Crippen LogP contribution is -2.27. The third-order valence-corrected chi connectivity index (χ3v) is 6.13. The van der Waals surface area contributed by atoms with Gasteiger partial charge in [0.1, 0.15) is 5.75 Å². The van der Waals surface area contributed by atoms with Crippen molar-refractivity contribution in [3.8, 4) is 5.75 Å². The van der Waals surface area contributed by atoms with Crippen molar-refractivity contribution >= 4 is 0 Å². The van der Waals surface area contributed by atoms with Crippen LogP contribution in [-0.4, -0.2) is 32.2 Å². The Kier molecular flexibility index (Phi) is 12.4. The molecule has 0 saturated heterocycles. The van der Waals surface area contributed by atoms with Gasteiger partial charge in [-0.15, -0.1) is 0 Å². The molecule has 1 saturated carbocycles. The van der Waals surface area contributed by atoms with Crippen LogP contribution in [0.5, 0.6) is 5.75 Å². The van der Waals surface area contributed by atoms with Crippen molar-refractivity contribution in [3.05, 3.63) is 52.7 Å². The summed E-state index contributed by atoms with van der Waals surface area (Å²) < 4.78 is 11.5. The predicted octanol–water partition coefficient (Wildman–Crippen LogP) is 5.51. The normalized spacial score (nSPS) is 20.2. The van der Waals surface area contributed by atoms with Crippen LogP contribution in [0.2, 0.25) is 0 Å². The zero-order chi connectivity index (χ0) is 22.5. The molecule has 1 aliphatic rings. The molecule has 0 bridgehead atoms. The number of hydrogen-bond acceptors (Lipinski definition) is 5. The van der Waals surface area contributed by atoms with Gasteiger partial charge in [0.05, 0.1) is 19.8 Å². The third kappa shape index (κ3) is 7.78. The smallest absolute Gasteiger partial charge is 0.122 e. The SMILES string of the molecule is CCOc1cc(C)c(CC(/C=C\C=C/N)C2CCCC(OC)C2)c(C)c1C.COO. The van der Waals surface area contributed by atoms with Crippen LogP contribution in [-0.2, 0) is 16.0 Å². The molecular formula is C25H41NO4. The quantitative estimate of drug-likeness (QED) is 0.330. The molecule has 170 valence electrons. The van der Waals surface area contributed by atoms with E-state index in [1.54, 1.807) is 6.20 Å². The second-order valence-electron chi connectivity index (χ2n) is 7.96. The first-order chi connectivity index (χ1) is 14.4. The van der Waals surface area contributed by atoms with Crippen molar-refractivity contribution in [3.63, 3.8) is 0 Å². The summed E-state index contributed by atoms with van der Waals surface area (Å²) in [6, 6.07) is 2.21. The lowest BCUT2D eigenvalue weighted by atomic mass is 9.75. The minimum Gasteiger partial charge on any atom is -0.494 e. The van der Waals surface area contributed by atoms with Gasteiger partial charge in [-0.25, -0.2) is 4.89 Å². The molecule has 0 heterocycles. The van der Waals surface area contributed by atoms with E-state index >= 15 is 0 Å². The highest BCUT2D eigenvalue weighted by atomic mass is 17.1. The monoisotopic (exact) mass is 419 g/mol. The number of ether oxygens (including phenoxy) is 2. The molecule has 1 aromatic carbocycles. The fraction of sp³-hybridized carbons (Fsp3) is 0.600. The highest BCUT2D eigenvalue weighted by Gasteiger charge is 2.28. The number of methoxy groups -OCH3 is 1. The van der Waals surface area contributed by atoms with Crippen molar-refractivity contribution in [2.45, 2.75) is 65.9 Å². The molecule has 5 nitrogen and oxygen atoms in total. The zero-order valence-electron chi connectivity index (χ0n) is 19.6. The molecule has 1 aliphatic carbocycles. The van der Waals surface area contributed by atoms with Crippen LogP contribution in [0, 0.1) is 32.6 Å². The summed E-state index contributed by atoms with van der Waals surface area (Å²) in [6.07, 6.45) is 14.3. The van der Waals surface area contributed by atoms with Gasteiger partial charge in [-0.05, 0) is 106 Å². The second-order valence-corrected chi connectivity index (χ2v) is 7.96. The number of hydrogen-bond donors (Lipinski definition) is 2. The van der Waals surface area contributed by atoms with E-state index in [9.17, 15) is 0 Å². The maximum absolute atomic E-state index is 7.07. The van der Waals surface area contributed by atoms with E-state index in [0.29, 0.717) is 24.5 Å². The Bertz CT molecular complexity index is 684. The van der Waals surface area contributed by atoms with Crippen molar-refractivity contribution in [2.75, 3.05) is 20.8 Å². The lowest BCUT2D eigenvalue weighted by molar-refractivity contribution is -0.214. The molecule has 30 heavy (non-hydrogen) atoms. The van der Waals surface area contributed by atoms with Gasteiger partial charge in [-0.3, -0.25) is 5.26 Å². The van der Waals surface area contributed by atoms with E-state index < -0.39 is 0 Å². The summed E-state index contributed by atoms with van der Waals surface area (Å²) in [4.78, 5) is 3.25. The fourth-order valence-corrected chi connectivity index (χ4v) is 4.40. The molecule has 0 aliphatic heterocycles. The van der Waals surface area contributed by atoms with Crippen molar-refractivity contribution in [2.24, 2.45) is 17.6 Å². The highest BCUT2D eigenvalue weighted by Crippen LogP contribution is 2.36. The van der Waals surface area contributed by atoms with E-state index in [0.717, 1.165) is 18.6 Å².